The molecular weight excluding hydrogens is 369 g/mol. The maximum Gasteiger partial charge on any atom is 0.417 e. The Morgan fingerprint density at radius 3 is 2.61 bits per heavy atom. The highest BCUT2D eigenvalue weighted by atomic mass is 19.4. The second kappa shape index (κ2) is 6.95. The molecular formula is C20H15F3N4O. The zero-order valence-electron chi connectivity index (χ0n) is 14.8. The summed E-state index contributed by atoms with van der Waals surface area (Å²) in [5.74, 6) is 0.445. The molecule has 0 spiro atoms. The zero-order valence-corrected chi connectivity index (χ0v) is 14.8. The molecule has 0 N–H and O–H groups in total. The molecule has 0 saturated carbocycles. The average molecular weight is 384 g/mol. The third-order valence-corrected chi connectivity index (χ3v) is 4.15. The van der Waals surface area contributed by atoms with Crippen LogP contribution in [0, 0.1) is 0 Å². The van der Waals surface area contributed by atoms with E-state index in [9.17, 15) is 13.2 Å². The van der Waals surface area contributed by atoms with Gasteiger partial charge in [-0.3, -0.25) is 4.98 Å². The van der Waals surface area contributed by atoms with E-state index in [0.717, 1.165) is 6.07 Å². The molecule has 0 unspecified atom stereocenters. The van der Waals surface area contributed by atoms with Crippen LogP contribution in [-0.4, -0.2) is 26.2 Å². The molecule has 3 aromatic heterocycles. The van der Waals surface area contributed by atoms with Crippen molar-refractivity contribution in [3.63, 3.8) is 0 Å². The van der Waals surface area contributed by atoms with Crippen molar-refractivity contribution in [2.45, 2.75) is 13.1 Å². The number of hydrogen-bond acceptors (Lipinski definition) is 4. The second-order valence-electron chi connectivity index (χ2n) is 6.01. The predicted octanol–water partition coefficient (Wildman–Crippen LogP) is 4.88. The molecule has 4 aromatic rings. The molecule has 0 atom stereocenters. The van der Waals surface area contributed by atoms with Crippen LogP contribution in [0.5, 0.6) is 5.88 Å². The maximum atomic E-state index is 13.5. The molecule has 0 bridgehead atoms. The molecule has 0 aliphatic rings. The quantitative estimate of drug-likeness (QED) is 0.503. The van der Waals surface area contributed by atoms with Gasteiger partial charge in [-0.15, -0.1) is 5.10 Å². The molecule has 0 radical (unpaired) electrons. The highest BCUT2D eigenvalue weighted by Crippen LogP contribution is 2.38. The van der Waals surface area contributed by atoms with Gasteiger partial charge in [-0.25, -0.2) is 9.50 Å². The molecule has 0 aliphatic heterocycles. The van der Waals surface area contributed by atoms with Crippen molar-refractivity contribution < 1.29 is 17.9 Å². The Morgan fingerprint density at radius 1 is 1.04 bits per heavy atom. The van der Waals surface area contributed by atoms with Crippen LogP contribution in [0.4, 0.5) is 13.2 Å². The van der Waals surface area contributed by atoms with Gasteiger partial charge in [0.05, 0.1) is 29.8 Å². The summed E-state index contributed by atoms with van der Waals surface area (Å²) < 4.78 is 47.3. The molecule has 0 saturated heterocycles. The van der Waals surface area contributed by atoms with E-state index in [0.29, 0.717) is 29.4 Å². The monoisotopic (exact) mass is 384 g/mol. The zero-order chi connectivity index (χ0) is 19.7. The van der Waals surface area contributed by atoms with Gasteiger partial charge in [0, 0.05) is 23.4 Å². The standard InChI is InChI=1S/C20H15F3N4O/c1-2-28-19-9-8-18-25-17(12-27(18)26-19)13-6-7-15(20(21,22)23)14(11-13)16-5-3-4-10-24-16/h3-12H,2H2,1H3. The molecule has 8 heteroatoms. The Kier molecular flexibility index (Phi) is 4.46. The SMILES string of the molecule is CCOc1ccc2nc(-c3ccc(C(F)(F)F)c(-c4ccccn4)c3)cn2n1. The van der Waals surface area contributed by atoms with E-state index in [1.54, 1.807) is 41.0 Å². The van der Waals surface area contributed by atoms with Crippen LogP contribution in [0.2, 0.25) is 0 Å². The van der Waals surface area contributed by atoms with Crippen molar-refractivity contribution in [1.29, 1.82) is 0 Å². The van der Waals surface area contributed by atoms with Crippen molar-refractivity contribution >= 4 is 5.65 Å². The first kappa shape index (κ1) is 18.0. The molecule has 0 amide bonds. The maximum absolute atomic E-state index is 13.5. The number of benzene rings is 1. The van der Waals surface area contributed by atoms with Crippen LogP contribution in [0.1, 0.15) is 12.5 Å². The minimum Gasteiger partial charge on any atom is -0.477 e. The number of aromatic nitrogens is 4. The summed E-state index contributed by atoms with van der Waals surface area (Å²) in [6.45, 7) is 2.33. The summed E-state index contributed by atoms with van der Waals surface area (Å²) in [5, 5.41) is 4.29. The van der Waals surface area contributed by atoms with Gasteiger partial charge >= 0.3 is 6.18 Å². The highest BCUT2D eigenvalue weighted by molar-refractivity contribution is 5.73. The molecule has 5 nitrogen and oxygen atoms in total. The van der Waals surface area contributed by atoms with Crippen LogP contribution in [0.15, 0.2) is 60.9 Å². The van der Waals surface area contributed by atoms with Crippen LogP contribution in [0.25, 0.3) is 28.2 Å². The Hall–Kier alpha value is -3.42. The van der Waals surface area contributed by atoms with Gasteiger partial charge in [0.1, 0.15) is 0 Å². The summed E-state index contributed by atoms with van der Waals surface area (Å²) in [7, 11) is 0. The number of nitrogens with zero attached hydrogens (tertiary/aromatic N) is 4. The number of alkyl halides is 3. The fourth-order valence-corrected chi connectivity index (χ4v) is 2.91. The topological polar surface area (TPSA) is 52.3 Å². The van der Waals surface area contributed by atoms with Gasteiger partial charge in [-0.1, -0.05) is 12.1 Å². The number of hydrogen-bond donors (Lipinski definition) is 0. The number of ether oxygens (including phenoxy) is 1. The Bertz CT molecular complexity index is 1120. The van der Waals surface area contributed by atoms with Crippen molar-refractivity contribution in [2.75, 3.05) is 6.61 Å². The molecule has 142 valence electrons. The number of halogens is 3. The van der Waals surface area contributed by atoms with Gasteiger partial charge in [-0.2, -0.15) is 13.2 Å². The van der Waals surface area contributed by atoms with Gasteiger partial charge in [0.2, 0.25) is 5.88 Å². The summed E-state index contributed by atoms with van der Waals surface area (Å²) >= 11 is 0. The van der Waals surface area contributed by atoms with Crippen LogP contribution in [0.3, 0.4) is 0 Å². The first-order chi connectivity index (χ1) is 13.5. The third kappa shape index (κ3) is 3.40. The van der Waals surface area contributed by atoms with Gasteiger partial charge in [-0.05, 0) is 37.3 Å². The molecule has 28 heavy (non-hydrogen) atoms. The minimum atomic E-state index is -4.49. The van der Waals surface area contributed by atoms with Gasteiger partial charge in [0.15, 0.2) is 5.65 Å². The van der Waals surface area contributed by atoms with Crippen LogP contribution < -0.4 is 4.74 Å². The minimum absolute atomic E-state index is 0.00520. The summed E-state index contributed by atoms with van der Waals surface area (Å²) in [6.07, 6.45) is -1.37. The molecule has 0 aliphatic carbocycles. The van der Waals surface area contributed by atoms with E-state index in [4.69, 9.17) is 4.74 Å². The van der Waals surface area contributed by atoms with E-state index in [-0.39, 0.29) is 11.3 Å². The lowest BCUT2D eigenvalue weighted by Gasteiger charge is -2.13. The van der Waals surface area contributed by atoms with Crippen LogP contribution in [-0.2, 0) is 6.18 Å². The van der Waals surface area contributed by atoms with E-state index < -0.39 is 11.7 Å². The largest absolute Gasteiger partial charge is 0.477 e. The Balaban J connectivity index is 1.83. The first-order valence-corrected chi connectivity index (χ1v) is 8.58. The number of pyridine rings is 1. The van der Waals surface area contributed by atoms with Crippen molar-refractivity contribution in [3.8, 4) is 28.4 Å². The summed E-state index contributed by atoms with van der Waals surface area (Å²) in [6, 6.07) is 12.2. The molecule has 0 fully saturated rings. The number of fused-ring (bicyclic) bond motifs is 1. The fourth-order valence-electron chi connectivity index (χ4n) is 2.91. The van der Waals surface area contributed by atoms with Gasteiger partial charge < -0.3 is 4.74 Å². The predicted molar refractivity (Wildman–Crippen MR) is 97.8 cm³/mol. The Labute approximate surface area is 158 Å². The number of rotatable bonds is 4. The fraction of sp³-hybridized carbons (Fsp3) is 0.150. The van der Waals surface area contributed by atoms with E-state index in [1.807, 2.05) is 6.92 Å². The third-order valence-electron chi connectivity index (χ3n) is 4.15. The van der Waals surface area contributed by atoms with E-state index >= 15 is 0 Å². The number of imidazole rings is 1. The normalized spacial score (nSPS) is 11.7. The molecule has 1 aromatic carbocycles. The lowest BCUT2D eigenvalue weighted by molar-refractivity contribution is -0.137. The first-order valence-electron chi connectivity index (χ1n) is 8.58. The van der Waals surface area contributed by atoms with Crippen LogP contribution >= 0.6 is 0 Å². The summed E-state index contributed by atoms with van der Waals surface area (Å²) in [5.41, 5.74) is 1.13. The van der Waals surface area contributed by atoms with Crippen molar-refractivity contribution in [3.05, 3.63) is 66.5 Å². The summed E-state index contributed by atoms with van der Waals surface area (Å²) in [4.78, 5) is 8.53. The average Bonchev–Trinajstić information content (AvgIpc) is 3.11. The van der Waals surface area contributed by atoms with Crippen molar-refractivity contribution in [1.82, 2.24) is 19.6 Å². The lowest BCUT2D eigenvalue weighted by Crippen LogP contribution is -2.07. The Morgan fingerprint density at radius 2 is 1.89 bits per heavy atom. The highest BCUT2D eigenvalue weighted by Gasteiger charge is 2.34. The van der Waals surface area contributed by atoms with Crippen molar-refractivity contribution in [2.24, 2.45) is 0 Å². The molecule has 3 heterocycles. The van der Waals surface area contributed by atoms with Gasteiger partial charge in [0.25, 0.3) is 0 Å². The van der Waals surface area contributed by atoms with E-state index in [1.165, 1.54) is 18.3 Å². The van der Waals surface area contributed by atoms with E-state index in [2.05, 4.69) is 15.1 Å². The molecule has 4 rings (SSSR count). The smallest absolute Gasteiger partial charge is 0.417 e. The lowest BCUT2D eigenvalue weighted by atomic mass is 9.99. The second-order valence-corrected chi connectivity index (χ2v) is 6.01.